The van der Waals surface area contributed by atoms with Crippen molar-refractivity contribution in [3.8, 4) is 5.75 Å². The Morgan fingerprint density at radius 2 is 1.80 bits per heavy atom. The van der Waals surface area contributed by atoms with Crippen molar-refractivity contribution in [2.24, 2.45) is 0 Å². The number of hydrogen-bond acceptors (Lipinski definition) is 7. The Hall–Kier alpha value is -3.89. The van der Waals surface area contributed by atoms with Crippen molar-refractivity contribution in [1.29, 1.82) is 0 Å². The van der Waals surface area contributed by atoms with Crippen molar-refractivity contribution in [2.75, 3.05) is 16.9 Å². The van der Waals surface area contributed by atoms with E-state index in [-0.39, 0.29) is 6.73 Å². The van der Waals surface area contributed by atoms with Crippen LogP contribution in [0.4, 0.5) is 17.1 Å². The topological polar surface area (TPSA) is 115 Å². The van der Waals surface area contributed by atoms with Gasteiger partial charge < -0.3 is 30.2 Å². The van der Waals surface area contributed by atoms with E-state index in [2.05, 4.69) is 10.3 Å². The quantitative estimate of drug-likeness (QED) is 0.155. The fourth-order valence-electron chi connectivity index (χ4n) is 3.82. The number of H-pyrrole nitrogens is 1. The molecule has 0 fully saturated rings. The number of rotatable bonds is 10. The lowest BCUT2D eigenvalue weighted by Crippen LogP contribution is -2.51. The largest absolute Gasteiger partial charge is 0.481 e. The molecule has 180 valence electrons. The molecule has 0 bridgehead atoms. The third kappa shape index (κ3) is 5.44. The second kappa shape index (κ2) is 10.2. The van der Waals surface area contributed by atoms with Crippen molar-refractivity contribution in [3.63, 3.8) is 0 Å². The molecule has 0 aliphatic heterocycles. The lowest BCUT2D eigenvalue weighted by molar-refractivity contribution is -0.149. The van der Waals surface area contributed by atoms with E-state index in [1.165, 1.54) is 23.2 Å². The molecule has 8 nitrogen and oxygen atoms in total. The number of nitrogens with zero attached hydrogens (tertiary/aromatic N) is 1. The molecule has 0 spiro atoms. The molecular weight excluding hydrogens is 486 g/mol. The smallest absolute Gasteiger partial charge is 0.330 e. The second-order valence-corrected chi connectivity index (χ2v) is 9.73. The van der Waals surface area contributed by atoms with E-state index in [1.807, 2.05) is 24.3 Å². The van der Waals surface area contributed by atoms with Gasteiger partial charge in [0.2, 0.25) is 0 Å². The summed E-state index contributed by atoms with van der Waals surface area (Å²) in [5.74, 6) is -1.97. The van der Waals surface area contributed by atoms with Gasteiger partial charge >= 0.3 is 11.9 Å². The zero-order valence-electron chi connectivity index (χ0n) is 18.7. The highest BCUT2D eigenvalue weighted by atomic mass is 32.1. The summed E-state index contributed by atoms with van der Waals surface area (Å²) in [6, 6.07) is 21.6. The van der Waals surface area contributed by atoms with Gasteiger partial charge in [-0.25, -0.2) is 4.79 Å². The molecule has 0 saturated carbocycles. The van der Waals surface area contributed by atoms with Crippen molar-refractivity contribution >= 4 is 62.8 Å². The van der Waals surface area contributed by atoms with Gasteiger partial charge in [-0.3, -0.25) is 4.79 Å². The standard InChI is InChI=1S/C25H23N3O5S2/c1-25(23(31)32,14-22(29)30)28(17-6-3-2-4-7-17)18-8-5-9-19(13-18)33-15-26-16-10-11-21-20(12-16)27-24(34)35-21/h2-13,26H,14-15H2,1H3,(H,27,34)(H,29,30)(H,31,32). The fraction of sp³-hybridized carbons (Fsp3) is 0.160. The van der Waals surface area contributed by atoms with Crippen LogP contribution in [0.5, 0.6) is 5.75 Å². The monoisotopic (exact) mass is 509 g/mol. The summed E-state index contributed by atoms with van der Waals surface area (Å²) >= 11 is 6.69. The van der Waals surface area contributed by atoms with E-state index >= 15 is 0 Å². The SMILES string of the molecule is CC(CC(=O)O)(C(=O)O)N(c1ccccc1)c1cccc(OCNc2ccc3sc(=S)[nH]c3c2)c1. The number of aromatic nitrogens is 1. The number of thiazole rings is 1. The normalized spacial score (nSPS) is 12.6. The van der Waals surface area contributed by atoms with Crippen LogP contribution >= 0.6 is 23.6 Å². The first-order valence-electron chi connectivity index (χ1n) is 10.7. The molecule has 3 aromatic carbocycles. The van der Waals surface area contributed by atoms with Crippen molar-refractivity contribution in [2.45, 2.75) is 18.9 Å². The van der Waals surface area contributed by atoms with Crippen molar-refractivity contribution in [3.05, 3.63) is 76.8 Å². The van der Waals surface area contributed by atoms with Crippen LogP contribution < -0.4 is 15.0 Å². The minimum absolute atomic E-state index is 0.163. The summed E-state index contributed by atoms with van der Waals surface area (Å²) in [7, 11) is 0. The summed E-state index contributed by atoms with van der Waals surface area (Å²) in [5, 5.41) is 22.7. The van der Waals surface area contributed by atoms with E-state index < -0.39 is 23.9 Å². The van der Waals surface area contributed by atoms with Crippen LogP contribution in [0.2, 0.25) is 0 Å². The van der Waals surface area contributed by atoms with Gasteiger partial charge in [-0.05, 0) is 61.6 Å². The van der Waals surface area contributed by atoms with E-state index in [0.717, 1.165) is 15.9 Å². The van der Waals surface area contributed by atoms with Crippen molar-refractivity contribution < 1.29 is 24.5 Å². The summed E-state index contributed by atoms with van der Waals surface area (Å²) in [6.45, 7) is 1.56. The van der Waals surface area contributed by atoms with E-state index in [0.29, 0.717) is 21.1 Å². The highest BCUT2D eigenvalue weighted by Gasteiger charge is 2.43. The Balaban J connectivity index is 1.58. The first-order chi connectivity index (χ1) is 16.8. The minimum Gasteiger partial charge on any atom is -0.481 e. The first kappa shape index (κ1) is 24.2. The van der Waals surface area contributed by atoms with Crippen LogP contribution in [-0.2, 0) is 9.59 Å². The molecule has 1 aromatic heterocycles. The van der Waals surface area contributed by atoms with Crippen LogP contribution in [0.3, 0.4) is 0 Å². The molecule has 0 radical (unpaired) electrons. The number of nitrogens with one attached hydrogen (secondary N) is 2. The van der Waals surface area contributed by atoms with Gasteiger partial charge in [0.1, 0.15) is 11.3 Å². The first-order valence-corrected chi connectivity index (χ1v) is 11.9. The third-order valence-corrected chi connectivity index (χ3v) is 6.69. The molecule has 0 amide bonds. The van der Waals surface area contributed by atoms with E-state index in [1.54, 1.807) is 48.5 Å². The maximum absolute atomic E-state index is 12.3. The molecule has 35 heavy (non-hydrogen) atoms. The number of aliphatic carboxylic acids is 2. The predicted molar refractivity (Wildman–Crippen MR) is 139 cm³/mol. The number of aromatic amines is 1. The maximum atomic E-state index is 12.3. The molecule has 1 heterocycles. The maximum Gasteiger partial charge on any atom is 0.330 e. The van der Waals surface area contributed by atoms with Crippen LogP contribution in [0.1, 0.15) is 13.3 Å². The number of hydrogen-bond donors (Lipinski definition) is 4. The predicted octanol–water partition coefficient (Wildman–Crippen LogP) is 5.86. The number of fused-ring (bicyclic) bond motifs is 1. The van der Waals surface area contributed by atoms with Crippen LogP contribution in [0, 0.1) is 3.95 Å². The minimum atomic E-state index is -1.74. The Labute approximate surface area is 210 Å². The van der Waals surface area contributed by atoms with Gasteiger partial charge in [-0.15, -0.1) is 11.3 Å². The summed E-state index contributed by atoms with van der Waals surface area (Å²) in [4.78, 5) is 28.5. The number of ether oxygens (including phenoxy) is 1. The highest BCUT2D eigenvalue weighted by Crippen LogP contribution is 2.37. The number of carboxylic acid groups (broad SMARTS) is 2. The molecule has 10 heteroatoms. The lowest BCUT2D eigenvalue weighted by atomic mass is 9.93. The van der Waals surface area contributed by atoms with Gasteiger partial charge in [-0.2, -0.15) is 0 Å². The van der Waals surface area contributed by atoms with Gasteiger partial charge in [-0.1, -0.05) is 24.3 Å². The average molecular weight is 510 g/mol. The van der Waals surface area contributed by atoms with Crippen LogP contribution in [0.25, 0.3) is 10.2 Å². The molecule has 4 rings (SSSR count). The van der Waals surface area contributed by atoms with Crippen LogP contribution in [-0.4, -0.2) is 39.4 Å². The Bertz CT molecular complexity index is 1420. The zero-order chi connectivity index (χ0) is 25.0. The number of anilines is 3. The van der Waals surface area contributed by atoms with Crippen LogP contribution in [0.15, 0.2) is 72.8 Å². The Morgan fingerprint density at radius 1 is 1.06 bits per heavy atom. The van der Waals surface area contributed by atoms with Gasteiger partial charge in [0, 0.05) is 23.1 Å². The van der Waals surface area contributed by atoms with E-state index in [9.17, 15) is 19.8 Å². The Morgan fingerprint density at radius 3 is 2.51 bits per heavy atom. The molecule has 0 aliphatic carbocycles. The lowest BCUT2D eigenvalue weighted by Gasteiger charge is -2.39. The molecule has 0 aliphatic rings. The second-order valence-electron chi connectivity index (χ2n) is 8.01. The molecule has 4 aromatic rings. The van der Waals surface area contributed by atoms with Gasteiger partial charge in [0.05, 0.1) is 16.6 Å². The summed E-state index contributed by atoms with van der Waals surface area (Å²) < 4.78 is 7.66. The van der Waals surface area contributed by atoms with E-state index in [4.69, 9.17) is 17.0 Å². The fourth-order valence-corrected chi connectivity index (χ4v) is 4.91. The number of para-hydroxylation sites is 1. The molecule has 0 saturated heterocycles. The number of benzene rings is 3. The third-order valence-electron chi connectivity index (χ3n) is 5.47. The summed E-state index contributed by atoms with van der Waals surface area (Å²) in [5.41, 5.74) is 1.10. The van der Waals surface area contributed by atoms with Gasteiger partial charge in [0.15, 0.2) is 10.7 Å². The highest BCUT2D eigenvalue weighted by molar-refractivity contribution is 7.73. The number of carboxylic acids is 2. The summed E-state index contributed by atoms with van der Waals surface area (Å²) in [6.07, 6.45) is -0.599. The van der Waals surface area contributed by atoms with Gasteiger partial charge in [0.25, 0.3) is 0 Å². The molecular formula is C25H23N3O5S2. The van der Waals surface area contributed by atoms with Crippen molar-refractivity contribution in [1.82, 2.24) is 4.98 Å². The Kier molecular flexibility index (Phi) is 7.04. The molecule has 1 atom stereocenters. The molecule has 4 N–H and O–H groups in total. The molecule has 1 unspecified atom stereocenters. The zero-order valence-corrected chi connectivity index (χ0v) is 20.4. The average Bonchev–Trinajstić information content (AvgIpc) is 3.19. The number of carbonyl (C=O) groups is 2.